The molecule has 0 unspecified atom stereocenters. The molecule has 0 bridgehead atoms. The van der Waals surface area contributed by atoms with Crippen molar-refractivity contribution in [2.45, 2.75) is 38.8 Å². The Kier molecular flexibility index (Phi) is 4.95. The number of hydrogen-bond acceptors (Lipinski definition) is 6. The maximum atomic E-state index is 12.6. The molecule has 2 saturated heterocycles. The molecule has 2 N–H and O–H groups in total. The van der Waals surface area contributed by atoms with Crippen LogP contribution in [-0.2, 0) is 4.74 Å². The van der Waals surface area contributed by atoms with Crippen LogP contribution in [-0.4, -0.2) is 60.7 Å². The van der Waals surface area contributed by atoms with Crippen LogP contribution in [0.3, 0.4) is 0 Å². The lowest BCUT2D eigenvalue weighted by Crippen LogP contribution is -2.50. The molecular weight excluding hydrogens is 300 g/mol. The number of likely N-dealkylation sites (tertiary alicyclic amines) is 1. The number of aryl methyl sites for hydroxylation is 1. The maximum Gasteiger partial charge on any atom is 0.263 e. The average Bonchev–Trinajstić information content (AvgIpc) is 3.19. The fourth-order valence-corrected chi connectivity index (χ4v) is 4.12. The number of thiazole rings is 1. The van der Waals surface area contributed by atoms with Crippen LogP contribution in [0.2, 0.25) is 0 Å². The summed E-state index contributed by atoms with van der Waals surface area (Å²) < 4.78 is 5.61. The standard InChI is InChI=1S/C15H24N4O2S/c1-3-16-15-17-10(2)13(22-15)14(20)18-11-8-21-9-12(11)19-6-4-5-7-19/h11-12H,3-9H2,1-2H3,(H,16,17)(H,18,20)/t11-,12-/m0/s1. The summed E-state index contributed by atoms with van der Waals surface area (Å²) in [6.45, 7) is 8.26. The van der Waals surface area contributed by atoms with E-state index in [0.29, 0.717) is 17.5 Å². The van der Waals surface area contributed by atoms with Gasteiger partial charge in [0.2, 0.25) is 0 Å². The summed E-state index contributed by atoms with van der Waals surface area (Å²) in [4.78, 5) is 20.1. The monoisotopic (exact) mass is 324 g/mol. The van der Waals surface area contributed by atoms with Gasteiger partial charge in [0.05, 0.1) is 31.0 Å². The molecule has 1 aromatic heterocycles. The van der Waals surface area contributed by atoms with E-state index in [0.717, 1.165) is 37.1 Å². The summed E-state index contributed by atoms with van der Waals surface area (Å²) in [6.07, 6.45) is 2.49. The van der Waals surface area contributed by atoms with E-state index in [4.69, 9.17) is 4.74 Å². The Morgan fingerprint density at radius 2 is 2.18 bits per heavy atom. The van der Waals surface area contributed by atoms with Gasteiger partial charge in [0.15, 0.2) is 5.13 Å². The van der Waals surface area contributed by atoms with E-state index in [1.54, 1.807) is 0 Å². The van der Waals surface area contributed by atoms with Crippen molar-refractivity contribution >= 4 is 22.4 Å². The number of rotatable bonds is 5. The Morgan fingerprint density at radius 1 is 1.41 bits per heavy atom. The predicted molar refractivity (Wildman–Crippen MR) is 87.7 cm³/mol. The topological polar surface area (TPSA) is 66.5 Å². The van der Waals surface area contributed by atoms with E-state index in [-0.39, 0.29) is 11.9 Å². The highest BCUT2D eigenvalue weighted by Crippen LogP contribution is 2.24. The summed E-state index contributed by atoms with van der Waals surface area (Å²) >= 11 is 1.42. The number of nitrogens with zero attached hydrogens (tertiary/aromatic N) is 2. The van der Waals surface area contributed by atoms with E-state index < -0.39 is 0 Å². The quantitative estimate of drug-likeness (QED) is 0.859. The smallest absolute Gasteiger partial charge is 0.263 e. The van der Waals surface area contributed by atoms with Crippen LogP contribution < -0.4 is 10.6 Å². The Hall–Kier alpha value is -1.18. The third kappa shape index (κ3) is 3.26. The molecule has 0 saturated carbocycles. The van der Waals surface area contributed by atoms with Crippen molar-refractivity contribution in [3.8, 4) is 0 Å². The van der Waals surface area contributed by atoms with Gasteiger partial charge < -0.3 is 15.4 Å². The fourth-order valence-electron chi connectivity index (χ4n) is 3.18. The maximum absolute atomic E-state index is 12.6. The first-order chi connectivity index (χ1) is 10.7. The van der Waals surface area contributed by atoms with Crippen molar-refractivity contribution < 1.29 is 9.53 Å². The molecule has 7 heteroatoms. The second kappa shape index (κ2) is 6.93. The molecule has 3 rings (SSSR count). The number of aromatic nitrogens is 1. The van der Waals surface area contributed by atoms with Crippen LogP contribution >= 0.6 is 11.3 Å². The Morgan fingerprint density at radius 3 is 2.91 bits per heavy atom. The van der Waals surface area contributed by atoms with Crippen molar-refractivity contribution in [2.24, 2.45) is 0 Å². The van der Waals surface area contributed by atoms with Gasteiger partial charge in [0.1, 0.15) is 4.88 Å². The van der Waals surface area contributed by atoms with Crippen molar-refractivity contribution in [2.75, 3.05) is 38.2 Å². The van der Waals surface area contributed by atoms with Gasteiger partial charge in [-0.1, -0.05) is 11.3 Å². The molecule has 0 aromatic carbocycles. The summed E-state index contributed by atoms with van der Waals surface area (Å²) in [5.41, 5.74) is 0.787. The highest BCUT2D eigenvalue weighted by atomic mass is 32.1. The van der Waals surface area contributed by atoms with Gasteiger partial charge in [-0.2, -0.15) is 0 Å². The van der Waals surface area contributed by atoms with Crippen LogP contribution in [0.25, 0.3) is 0 Å². The third-order valence-corrected chi connectivity index (χ3v) is 5.42. The summed E-state index contributed by atoms with van der Waals surface area (Å²) in [5.74, 6) is -0.0288. The lowest BCUT2D eigenvalue weighted by atomic mass is 10.1. The van der Waals surface area contributed by atoms with Gasteiger partial charge in [0.25, 0.3) is 5.91 Å². The molecule has 22 heavy (non-hydrogen) atoms. The second-order valence-corrected chi connectivity index (χ2v) is 6.89. The van der Waals surface area contributed by atoms with Gasteiger partial charge in [-0.3, -0.25) is 9.69 Å². The first-order valence-electron chi connectivity index (χ1n) is 8.03. The summed E-state index contributed by atoms with van der Waals surface area (Å²) in [6, 6.07) is 0.391. The molecule has 2 aliphatic rings. The molecule has 0 radical (unpaired) electrons. The van der Waals surface area contributed by atoms with Crippen LogP contribution in [0, 0.1) is 6.92 Å². The van der Waals surface area contributed by atoms with Crippen LogP contribution in [0.4, 0.5) is 5.13 Å². The molecule has 2 aliphatic heterocycles. The van der Waals surface area contributed by atoms with E-state index >= 15 is 0 Å². The number of carbonyl (C=O) groups is 1. The Labute approximate surface area is 135 Å². The zero-order valence-electron chi connectivity index (χ0n) is 13.2. The number of ether oxygens (including phenoxy) is 1. The minimum atomic E-state index is -0.0288. The molecule has 2 atom stereocenters. The molecule has 122 valence electrons. The highest BCUT2D eigenvalue weighted by molar-refractivity contribution is 7.17. The van der Waals surface area contributed by atoms with Crippen molar-refractivity contribution in [1.29, 1.82) is 0 Å². The van der Waals surface area contributed by atoms with E-state index in [2.05, 4.69) is 20.5 Å². The summed E-state index contributed by atoms with van der Waals surface area (Å²) in [7, 11) is 0. The number of nitrogens with one attached hydrogen (secondary N) is 2. The van der Waals surface area contributed by atoms with Crippen molar-refractivity contribution in [3.63, 3.8) is 0 Å². The minimum absolute atomic E-state index is 0.0288. The third-order valence-electron chi connectivity index (χ3n) is 4.31. The second-order valence-electron chi connectivity index (χ2n) is 5.89. The zero-order valence-corrected chi connectivity index (χ0v) is 14.0. The minimum Gasteiger partial charge on any atom is -0.378 e. The Balaban J connectivity index is 1.65. The number of hydrogen-bond donors (Lipinski definition) is 2. The first kappa shape index (κ1) is 15.7. The predicted octanol–water partition coefficient (Wildman–Crippen LogP) is 1.48. The molecule has 0 spiro atoms. The number of carbonyl (C=O) groups excluding carboxylic acids is 1. The Bertz CT molecular complexity index is 528. The van der Waals surface area contributed by atoms with E-state index in [9.17, 15) is 4.79 Å². The lowest BCUT2D eigenvalue weighted by molar-refractivity contribution is 0.0920. The van der Waals surface area contributed by atoms with Gasteiger partial charge in [-0.25, -0.2) is 4.98 Å². The molecule has 6 nitrogen and oxygen atoms in total. The fraction of sp³-hybridized carbons (Fsp3) is 0.733. The van der Waals surface area contributed by atoms with Crippen molar-refractivity contribution in [3.05, 3.63) is 10.6 Å². The molecular formula is C15H24N4O2S. The summed E-state index contributed by atoms with van der Waals surface area (Å²) in [5, 5.41) is 7.13. The van der Waals surface area contributed by atoms with Gasteiger partial charge in [-0.15, -0.1) is 0 Å². The van der Waals surface area contributed by atoms with Crippen LogP contribution in [0.5, 0.6) is 0 Å². The van der Waals surface area contributed by atoms with Gasteiger partial charge in [-0.05, 0) is 39.8 Å². The average molecular weight is 324 g/mol. The number of amides is 1. The molecule has 0 aliphatic carbocycles. The molecule has 3 heterocycles. The normalized spacial score (nSPS) is 25.5. The zero-order chi connectivity index (χ0) is 15.5. The first-order valence-corrected chi connectivity index (χ1v) is 8.84. The van der Waals surface area contributed by atoms with Crippen LogP contribution in [0.15, 0.2) is 0 Å². The van der Waals surface area contributed by atoms with E-state index in [1.807, 2.05) is 13.8 Å². The molecule has 1 amide bonds. The SMILES string of the molecule is CCNc1nc(C)c(C(=O)N[C@H]2COC[C@@H]2N2CCCC2)s1. The van der Waals surface area contributed by atoms with Crippen LogP contribution in [0.1, 0.15) is 35.1 Å². The van der Waals surface area contributed by atoms with E-state index in [1.165, 1.54) is 24.2 Å². The molecule has 2 fully saturated rings. The van der Waals surface area contributed by atoms with Gasteiger partial charge >= 0.3 is 0 Å². The largest absolute Gasteiger partial charge is 0.378 e. The number of anilines is 1. The van der Waals surface area contributed by atoms with Gasteiger partial charge in [0, 0.05) is 6.54 Å². The molecule has 1 aromatic rings. The highest BCUT2D eigenvalue weighted by Gasteiger charge is 2.35. The van der Waals surface area contributed by atoms with Crippen molar-refractivity contribution in [1.82, 2.24) is 15.2 Å². The lowest BCUT2D eigenvalue weighted by Gasteiger charge is -2.27.